The molecular formula is C12H15N3. The second-order valence-electron chi connectivity index (χ2n) is 4.36. The summed E-state index contributed by atoms with van der Waals surface area (Å²) >= 11 is 0. The van der Waals surface area contributed by atoms with Gasteiger partial charge >= 0.3 is 0 Å². The van der Waals surface area contributed by atoms with Crippen LogP contribution in [0.15, 0.2) is 29.5 Å². The van der Waals surface area contributed by atoms with E-state index in [0.717, 1.165) is 18.2 Å². The minimum atomic E-state index is 0.732. The Morgan fingerprint density at radius 1 is 1.33 bits per heavy atom. The molecule has 78 valence electrons. The van der Waals surface area contributed by atoms with E-state index in [1.54, 1.807) is 6.20 Å². The van der Waals surface area contributed by atoms with Crippen molar-refractivity contribution in [1.29, 1.82) is 0 Å². The van der Waals surface area contributed by atoms with Crippen LogP contribution < -0.4 is 0 Å². The molecule has 0 unspecified atom stereocenters. The summed E-state index contributed by atoms with van der Waals surface area (Å²) in [4.78, 5) is 11.3. The molecule has 0 radical (unpaired) electrons. The number of piperidine rings is 3. The lowest BCUT2D eigenvalue weighted by atomic mass is 9.86. The number of nitrogens with zero attached hydrogens (tertiary/aromatic N) is 3. The fourth-order valence-corrected chi connectivity index (χ4v) is 2.49. The highest BCUT2D eigenvalue weighted by Crippen LogP contribution is 2.27. The molecule has 3 aliphatic rings. The molecule has 4 heterocycles. The van der Waals surface area contributed by atoms with Gasteiger partial charge in [0.1, 0.15) is 0 Å². The van der Waals surface area contributed by atoms with Gasteiger partial charge in [-0.05, 0) is 38.1 Å². The minimum Gasteiger partial charge on any atom is -0.298 e. The SMILES string of the molecule is c1cncc(N=C2CN3CCC2CC3)c1. The maximum atomic E-state index is 4.71. The van der Waals surface area contributed by atoms with E-state index in [1.807, 2.05) is 18.3 Å². The van der Waals surface area contributed by atoms with Gasteiger partial charge in [0, 0.05) is 24.4 Å². The second-order valence-corrected chi connectivity index (χ2v) is 4.36. The van der Waals surface area contributed by atoms with Crippen LogP contribution in [0.1, 0.15) is 12.8 Å². The zero-order valence-electron chi connectivity index (χ0n) is 8.76. The van der Waals surface area contributed by atoms with Gasteiger partial charge in [0.2, 0.25) is 0 Å². The Bertz CT molecular complexity index is 364. The summed E-state index contributed by atoms with van der Waals surface area (Å²) < 4.78 is 0. The molecule has 3 fully saturated rings. The predicted molar refractivity (Wildman–Crippen MR) is 60.5 cm³/mol. The molecule has 0 aliphatic carbocycles. The molecule has 1 aromatic rings. The average Bonchev–Trinajstić information content (AvgIpc) is 2.32. The van der Waals surface area contributed by atoms with Gasteiger partial charge in [0.25, 0.3) is 0 Å². The summed E-state index contributed by atoms with van der Waals surface area (Å²) in [6.45, 7) is 3.59. The molecule has 3 heteroatoms. The van der Waals surface area contributed by atoms with Gasteiger partial charge in [-0.1, -0.05) is 0 Å². The van der Waals surface area contributed by atoms with Crippen LogP contribution in [0.5, 0.6) is 0 Å². The van der Waals surface area contributed by atoms with Crippen molar-refractivity contribution < 1.29 is 0 Å². The maximum absolute atomic E-state index is 4.71. The van der Waals surface area contributed by atoms with Crippen LogP contribution in [0.2, 0.25) is 0 Å². The molecular weight excluding hydrogens is 186 g/mol. The molecule has 0 atom stereocenters. The highest BCUT2D eigenvalue weighted by Gasteiger charge is 2.30. The third-order valence-electron chi connectivity index (χ3n) is 3.36. The Balaban J connectivity index is 1.85. The largest absolute Gasteiger partial charge is 0.298 e. The Morgan fingerprint density at radius 2 is 2.20 bits per heavy atom. The van der Waals surface area contributed by atoms with Gasteiger partial charge in [0.15, 0.2) is 0 Å². The quantitative estimate of drug-likeness (QED) is 0.694. The molecule has 3 aliphatic heterocycles. The molecule has 0 amide bonds. The van der Waals surface area contributed by atoms with Crippen LogP contribution in [0.4, 0.5) is 5.69 Å². The van der Waals surface area contributed by atoms with Gasteiger partial charge in [-0.15, -0.1) is 0 Å². The summed E-state index contributed by atoms with van der Waals surface area (Å²) in [5.74, 6) is 0.732. The lowest BCUT2D eigenvalue weighted by molar-refractivity contribution is 0.200. The van der Waals surface area contributed by atoms with Crippen LogP contribution in [0.3, 0.4) is 0 Å². The average molecular weight is 201 g/mol. The third-order valence-corrected chi connectivity index (χ3v) is 3.36. The molecule has 15 heavy (non-hydrogen) atoms. The topological polar surface area (TPSA) is 28.5 Å². The van der Waals surface area contributed by atoms with Crippen molar-refractivity contribution in [3.63, 3.8) is 0 Å². The van der Waals surface area contributed by atoms with Gasteiger partial charge in [-0.3, -0.25) is 14.9 Å². The molecule has 0 aromatic carbocycles. The fourth-order valence-electron chi connectivity index (χ4n) is 2.49. The molecule has 4 rings (SSSR count). The summed E-state index contributed by atoms with van der Waals surface area (Å²) in [5.41, 5.74) is 2.36. The third kappa shape index (κ3) is 1.79. The number of aliphatic imine (C=N–C) groups is 1. The summed E-state index contributed by atoms with van der Waals surface area (Å²) in [7, 11) is 0. The Hall–Kier alpha value is -1.22. The first-order chi connectivity index (χ1) is 7.42. The summed E-state index contributed by atoms with van der Waals surface area (Å²) in [5, 5.41) is 0. The molecule has 0 saturated carbocycles. The number of rotatable bonds is 1. The van der Waals surface area contributed by atoms with Crippen LogP contribution in [-0.2, 0) is 0 Å². The second kappa shape index (κ2) is 3.74. The van der Waals surface area contributed by atoms with Gasteiger partial charge in [-0.2, -0.15) is 0 Å². The molecule has 1 aromatic heterocycles. The Morgan fingerprint density at radius 3 is 2.80 bits per heavy atom. The van der Waals surface area contributed by atoms with Gasteiger partial charge < -0.3 is 0 Å². The number of pyridine rings is 1. The van der Waals surface area contributed by atoms with E-state index in [9.17, 15) is 0 Å². The first-order valence-electron chi connectivity index (χ1n) is 5.62. The van der Waals surface area contributed by atoms with E-state index in [2.05, 4.69) is 9.88 Å². The van der Waals surface area contributed by atoms with Crippen molar-refractivity contribution in [2.75, 3.05) is 19.6 Å². The van der Waals surface area contributed by atoms with Crippen molar-refractivity contribution in [2.45, 2.75) is 12.8 Å². The fraction of sp³-hybridized carbons (Fsp3) is 0.500. The van der Waals surface area contributed by atoms with Crippen molar-refractivity contribution in [2.24, 2.45) is 10.9 Å². The van der Waals surface area contributed by atoms with Crippen molar-refractivity contribution >= 4 is 11.4 Å². The van der Waals surface area contributed by atoms with E-state index in [4.69, 9.17) is 4.99 Å². The summed E-state index contributed by atoms with van der Waals surface area (Å²) in [6, 6.07) is 3.97. The lowest BCUT2D eigenvalue weighted by Gasteiger charge is -2.39. The van der Waals surface area contributed by atoms with Crippen molar-refractivity contribution in [1.82, 2.24) is 9.88 Å². The highest BCUT2D eigenvalue weighted by atomic mass is 15.2. The molecule has 2 bridgehead atoms. The first-order valence-corrected chi connectivity index (χ1v) is 5.62. The standard InChI is InChI=1S/C12H15N3/c1-2-11(8-13-5-1)14-12-9-15-6-3-10(12)4-7-15/h1-2,5,8,10H,3-4,6-7,9H2. The zero-order chi connectivity index (χ0) is 10.1. The van der Waals surface area contributed by atoms with E-state index >= 15 is 0 Å². The van der Waals surface area contributed by atoms with Crippen LogP contribution >= 0.6 is 0 Å². The number of hydrogen-bond donors (Lipinski definition) is 0. The summed E-state index contributed by atoms with van der Waals surface area (Å²) in [6.07, 6.45) is 6.21. The van der Waals surface area contributed by atoms with Crippen LogP contribution in [0.25, 0.3) is 0 Å². The minimum absolute atomic E-state index is 0.732. The molecule has 0 N–H and O–H groups in total. The van der Waals surface area contributed by atoms with Gasteiger partial charge in [-0.25, -0.2) is 0 Å². The predicted octanol–water partition coefficient (Wildman–Crippen LogP) is 1.88. The van der Waals surface area contributed by atoms with Crippen LogP contribution in [-0.4, -0.2) is 35.2 Å². The Labute approximate surface area is 89.8 Å². The maximum Gasteiger partial charge on any atom is 0.0812 e. The van der Waals surface area contributed by atoms with Gasteiger partial charge in [0.05, 0.1) is 11.9 Å². The molecule has 3 saturated heterocycles. The smallest absolute Gasteiger partial charge is 0.0812 e. The first kappa shape index (κ1) is 9.04. The molecule has 0 spiro atoms. The van der Waals surface area contributed by atoms with E-state index in [0.29, 0.717) is 0 Å². The van der Waals surface area contributed by atoms with Crippen LogP contribution in [0, 0.1) is 5.92 Å². The molecule has 3 nitrogen and oxygen atoms in total. The van der Waals surface area contributed by atoms with Crippen molar-refractivity contribution in [3.8, 4) is 0 Å². The van der Waals surface area contributed by atoms with E-state index in [1.165, 1.54) is 31.6 Å². The lowest BCUT2D eigenvalue weighted by Crippen LogP contribution is -2.47. The number of aromatic nitrogens is 1. The van der Waals surface area contributed by atoms with E-state index < -0.39 is 0 Å². The number of fused-ring (bicyclic) bond motifs is 3. The van der Waals surface area contributed by atoms with Crippen molar-refractivity contribution in [3.05, 3.63) is 24.5 Å². The highest BCUT2D eigenvalue weighted by molar-refractivity contribution is 5.92. The van der Waals surface area contributed by atoms with E-state index in [-0.39, 0.29) is 0 Å². The normalized spacial score (nSPS) is 32.1. The zero-order valence-corrected chi connectivity index (χ0v) is 8.76. The Kier molecular flexibility index (Phi) is 2.25. The monoisotopic (exact) mass is 201 g/mol. The number of hydrogen-bond acceptors (Lipinski definition) is 3.